The summed E-state index contributed by atoms with van der Waals surface area (Å²) in [5, 5.41) is 29.8. The molecule has 0 heterocycles. The molecular weight excluding hydrogens is 352 g/mol. The molecule has 28 heavy (non-hydrogen) atoms. The summed E-state index contributed by atoms with van der Waals surface area (Å²) in [6.45, 7) is 2.85. The summed E-state index contributed by atoms with van der Waals surface area (Å²) in [6, 6.07) is 16.4. The first-order valence-electron chi connectivity index (χ1n) is 9.78. The molecule has 0 aliphatic carbocycles. The van der Waals surface area contributed by atoms with Crippen molar-refractivity contribution in [2.75, 3.05) is 6.61 Å². The van der Waals surface area contributed by atoms with E-state index in [4.69, 9.17) is 4.74 Å². The molecule has 0 amide bonds. The Morgan fingerprint density at radius 3 is 2.46 bits per heavy atom. The normalized spacial score (nSPS) is 12.8. The second-order valence-electron chi connectivity index (χ2n) is 6.90. The quantitative estimate of drug-likeness (QED) is 0.494. The van der Waals surface area contributed by atoms with E-state index in [9.17, 15) is 15.3 Å². The molecule has 2 aromatic rings. The van der Waals surface area contributed by atoms with E-state index in [1.54, 1.807) is 24.3 Å². The maximum atomic E-state index is 10.3. The van der Waals surface area contributed by atoms with Gasteiger partial charge in [-0.25, -0.2) is 0 Å². The van der Waals surface area contributed by atoms with Crippen molar-refractivity contribution in [1.29, 1.82) is 0 Å². The Balaban J connectivity index is 1.84. The first-order valence-corrected chi connectivity index (χ1v) is 9.78. The molecule has 0 aliphatic rings. The fourth-order valence-corrected chi connectivity index (χ4v) is 2.91. The third-order valence-corrected chi connectivity index (χ3v) is 4.38. The van der Waals surface area contributed by atoms with Crippen LogP contribution in [0.4, 0.5) is 0 Å². The summed E-state index contributed by atoms with van der Waals surface area (Å²) in [6.07, 6.45) is 3.35. The van der Waals surface area contributed by atoms with Crippen molar-refractivity contribution >= 4 is 0 Å². The molecule has 150 valence electrons. The van der Waals surface area contributed by atoms with Crippen LogP contribution in [0.15, 0.2) is 72.0 Å². The second-order valence-corrected chi connectivity index (χ2v) is 6.90. The minimum absolute atomic E-state index is 0.181. The molecule has 2 aromatic carbocycles. The van der Waals surface area contributed by atoms with Crippen LogP contribution in [0, 0.1) is 0 Å². The zero-order chi connectivity index (χ0) is 20.2. The van der Waals surface area contributed by atoms with Gasteiger partial charge in [-0.3, -0.25) is 0 Å². The zero-order valence-electron chi connectivity index (χ0n) is 16.4. The van der Waals surface area contributed by atoms with Crippen LogP contribution in [-0.4, -0.2) is 28.0 Å². The van der Waals surface area contributed by atoms with Crippen molar-refractivity contribution in [3.63, 3.8) is 0 Å². The summed E-state index contributed by atoms with van der Waals surface area (Å²) >= 11 is 0. The molecule has 4 nitrogen and oxygen atoms in total. The van der Waals surface area contributed by atoms with Crippen molar-refractivity contribution in [2.45, 2.75) is 51.4 Å². The van der Waals surface area contributed by atoms with Gasteiger partial charge in [-0.15, -0.1) is 5.73 Å². The molecule has 0 unspecified atom stereocenters. The van der Waals surface area contributed by atoms with Crippen LogP contribution in [-0.2, 0) is 11.3 Å². The van der Waals surface area contributed by atoms with Gasteiger partial charge in [0.15, 0.2) is 0 Å². The molecule has 0 radical (unpaired) electrons. The zero-order valence-corrected chi connectivity index (χ0v) is 16.4. The highest BCUT2D eigenvalue weighted by molar-refractivity contribution is 5.27. The third kappa shape index (κ3) is 8.12. The number of benzene rings is 2. The number of aliphatic hydroxyl groups is 2. The Hall–Kier alpha value is -2.36. The molecule has 0 saturated heterocycles. The Kier molecular flexibility index (Phi) is 9.53. The Morgan fingerprint density at radius 2 is 1.79 bits per heavy atom. The summed E-state index contributed by atoms with van der Waals surface area (Å²) in [7, 11) is 0. The predicted molar refractivity (Wildman–Crippen MR) is 111 cm³/mol. The standard InChI is InChI=1S/C24H30O4/c1-2-7-19(10-6-11-24(27)21-12-14-22(25)15-13-21)16-23(26)18-28-17-20-8-4-3-5-9-20/h3-6,8-9,12-15,23-27H,2,7,11,16-18H2,1H3/t10?,23-,24-/m1/s1. The van der Waals surface area contributed by atoms with Crippen LogP contribution in [0.5, 0.6) is 5.75 Å². The summed E-state index contributed by atoms with van der Waals surface area (Å²) < 4.78 is 5.61. The number of aromatic hydroxyl groups is 1. The molecule has 0 aromatic heterocycles. The molecule has 3 N–H and O–H groups in total. The number of aliphatic hydroxyl groups excluding tert-OH is 2. The average molecular weight is 383 g/mol. The smallest absolute Gasteiger partial charge is 0.115 e. The third-order valence-electron chi connectivity index (χ3n) is 4.38. The van der Waals surface area contributed by atoms with Gasteiger partial charge in [0.25, 0.3) is 0 Å². The van der Waals surface area contributed by atoms with Gasteiger partial charge in [0.05, 0.1) is 25.4 Å². The van der Waals surface area contributed by atoms with Crippen molar-refractivity contribution in [3.05, 3.63) is 83.1 Å². The number of ether oxygens (including phenoxy) is 1. The van der Waals surface area contributed by atoms with E-state index >= 15 is 0 Å². The van der Waals surface area contributed by atoms with Crippen LogP contribution in [0.1, 0.15) is 49.8 Å². The number of phenols is 1. The number of hydrogen-bond acceptors (Lipinski definition) is 4. The van der Waals surface area contributed by atoms with Crippen molar-refractivity contribution in [1.82, 2.24) is 0 Å². The largest absolute Gasteiger partial charge is 0.508 e. The molecule has 2 atom stereocenters. The lowest BCUT2D eigenvalue weighted by molar-refractivity contribution is 0.0285. The minimum atomic E-state index is -0.643. The maximum absolute atomic E-state index is 10.3. The fourth-order valence-electron chi connectivity index (χ4n) is 2.91. The van der Waals surface area contributed by atoms with Gasteiger partial charge in [-0.2, -0.15) is 0 Å². The monoisotopic (exact) mass is 382 g/mol. The lowest BCUT2D eigenvalue weighted by atomic mass is 10.0. The topological polar surface area (TPSA) is 69.9 Å². The molecule has 2 rings (SSSR count). The van der Waals surface area contributed by atoms with Crippen LogP contribution in [0.2, 0.25) is 0 Å². The average Bonchev–Trinajstić information content (AvgIpc) is 2.69. The van der Waals surface area contributed by atoms with E-state index in [0.29, 0.717) is 19.4 Å². The predicted octanol–water partition coefficient (Wildman–Crippen LogP) is 4.67. The van der Waals surface area contributed by atoms with Crippen LogP contribution in [0.25, 0.3) is 0 Å². The SMILES string of the molecule is CCCC(=C=CC[C@@H](O)c1ccc(O)cc1)C[C@@H](O)COCc1ccccc1. The first kappa shape index (κ1) is 21.9. The van der Waals surface area contributed by atoms with Gasteiger partial charge in [-0.05, 0) is 41.3 Å². The van der Waals surface area contributed by atoms with E-state index in [2.05, 4.69) is 12.7 Å². The lowest BCUT2D eigenvalue weighted by Crippen LogP contribution is -2.16. The molecule has 0 bridgehead atoms. The lowest BCUT2D eigenvalue weighted by Gasteiger charge is -2.12. The highest BCUT2D eigenvalue weighted by atomic mass is 16.5. The molecular formula is C24H30O4. The van der Waals surface area contributed by atoms with Gasteiger partial charge >= 0.3 is 0 Å². The van der Waals surface area contributed by atoms with Crippen LogP contribution in [0.3, 0.4) is 0 Å². The van der Waals surface area contributed by atoms with E-state index in [-0.39, 0.29) is 12.4 Å². The summed E-state index contributed by atoms with van der Waals surface area (Å²) in [5.74, 6) is 0.181. The second kappa shape index (κ2) is 12.2. The molecule has 0 saturated carbocycles. The van der Waals surface area contributed by atoms with Gasteiger partial charge in [0.2, 0.25) is 0 Å². The van der Waals surface area contributed by atoms with E-state index in [1.165, 1.54) is 0 Å². The first-order chi connectivity index (χ1) is 13.6. The Morgan fingerprint density at radius 1 is 1.07 bits per heavy atom. The number of rotatable bonds is 11. The highest BCUT2D eigenvalue weighted by Crippen LogP contribution is 2.20. The Bertz CT molecular complexity index is 746. The highest BCUT2D eigenvalue weighted by Gasteiger charge is 2.09. The molecule has 0 fully saturated rings. The fraction of sp³-hybridized carbons (Fsp3) is 0.375. The minimum Gasteiger partial charge on any atom is -0.508 e. The van der Waals surface area contributed by atoms with Crippen molar-refractivity contribution < 1.29 is 20.1 Å². The van der Waals surface area contributed by atoms with Crippen LogP contribution >= 0.6 is 0 Å². The van der Waals surface area contributed by atoms with E-state index < -0.39 is 12.2 Å². The van der Waals surface area contributed by atoms with Gasteiger partial charge in [0.1, 0.15) is 5.75 Å². The van der Waals surface area contributed by atoms with E-state index in [1.807, 2.05) is 36.4 Å². The number of phenolic OH excluding ortho intramolecular Hbond substituents is 1. The van der Waals surface area contributed by atoms with Gasteiger partial charge in [0, 0.05) is 12.8 Å². The van der Waals surface area contributed by atoms with Crippen LogP contribution < -0.4 is 0 Å². The maximum Gasteiger partial charge on any atom is 0.115 e. The molecule has 0 spiro atoms. The van der Waals surface area contributed by atoms with Gasteiger partial charge < -0.3 is 20.1 Å². The number of hydrogen-bond donors (Lipinski definition) is 3. The molecule has 4 heteroatoms. The Labute approximate surface area is 167 Å². The summed E-state index contributed by atoms with van der Waals surface area (Å²) in [4.78, 5) is 0. The van der Waals surface area contributed by atoms with Crippen molar-refractivity contribution in [3.8, 4) is 5.75 Å². The van der Waals surface area contributed by atoms with Gasteiger partial charge in [-0.1, -0.05) is 55.8 Å². The summed E-state index contributed by atoms with van der Waals surface area (Å²) in [5.41, 5.74) is 6.10. The molecule has 0 aliphatic heterocycles. The van der Waals surface area contributed by atoms with E-state index in [0.717, 1.165) is 29.5 Å². The van der Waals surface area contributed by atoms with Crippen molar-refractivity contribution in [2.24, 2.45) is 0 Å².